The van der Waals surface area contributed by atoms with Gasteiger partial charge in [-0.05, 0) is 0 Å². The van der Waals surface area contributed by atoms with Crippen LogP contribution < -0.4 is 9.47 Å². The van der Waals surface area contributed by atoms with Crippen LogP contribution in [-0.4, -0.2) is 89.5 Å². The summed E-state index contributed by atoms with van der Waals surface area (Å²) >= 11 is 0. The Kier molecular flexibility index (Phi) is 15.1. The zero-order valence-corrected chi connectivity index (χ0v) is 17.1. The fourth-order valence-corrected chi connectivity index (χ4v) is 2.22. The zero-order chi connectivity index (χ0) is 21.9. The fraction of sp³-hybridized carbons (Fsp3) is 0.545. The molecule has 0 saturated carbocycles. The first-order chi connectivity index (χ1) is 14.8. The van der Waals surface area contributed by atoms with Gasteiger partial charge >= 0.3 is 0 Å². The lowest BCUT2D eigenvalue weighted by atomic mass is 10.1. The molecule has 0 atom stereocenters. The van der Waals surface area contributed by atoms with Crippen molar-refractivity contribution in [2.75, 3.05) is 79.3 Å². The monoisotopic (exact) mass is 422 g/mol. The van der Waals surface area contributed by atoms with Crippen molar-refractivity contribution < 1.29 is 38.6 Å². The third kappa shape index (κ3) is 11.0. The summed E-state index contributed by atoms with van der Waals surface area (Å²) < 4.78 is 32.3. The molecule has 0 heterocycles. The highest BCUT2D eigenvalue weighted by Gasteiger charge is 2.10. The van der Waals surface area contributed by atoms with Crippen molar-refractivity contribution in [1.82, 2.24) is 0 Å². The van der Waals surface area contributed by atoms with Gasteiger partial charge in [-0.15, -0.1) is 12.8 Å². The third-order valence-corrected chi connectivity index (χ3v) is 3.58. The van der Waals surface area contributed by atoms with Crippen LogP contribution in [0.3, 0.4) is 0 Å². The van der Waals surface area contributed by atoms with E-state index in [0.717, 1.165) is 0 Å². The second-order valence-electron chi connectivity index (χ2n) is 5.73. The maximum absolute atomic E-state index is 8.61. The molecular formula is C22H30O8. The summed E-state index contributed by atoms with van der Waals surface area (Å²) in [6.45, 7) is 3.49. The van der Waals surface area contributed by atoms with Crippen molar-refractivity contribution >= 4 is 0 Å². The lowest BCUT2D eigenvalue weighted by Crippen LogP contribution is -2.13. The Morgan fingerprint density at radius 1 is 0.567 bits per heavy atom. The Morgan fingerprint density at radius 2 is 0.900 bits per heavy atom. The molecule has 0 aliphatic rings. The Labute approximate surface area is 178 Å². The van der Waals surface area contributed by atoms with Gasteiger partial charge in [0, 0.05) is 12.1 Å². The molecule has 8 nitrogen and oxygen atoms in total. The molecule has 0 fully saturated rings. The number of terminal acetylenes is 2. The molecule has 0 aromatic heterocycles. The van der Waals surface area contributed by atoms with Gasteiger partial charge in [0.05, 0.1) is 77.2 Å². The predicted molar refractivity (Wildman–Crippen MR) is 111 cm³/mol. The molecule has 0 aliphatic heterocycles. The van der Waals surface area contributed by atoms with E-state index in [1.807, 2.05) is 0 Å². The molecule has 0 aliphatic carbocycles. The number of rotatable bonds is 18. The topological polar surface area (TPSA) is 95.8 Å². The van der Waals surface area contributed by atoms with E-state index in [-0.39, 0.29) is 13.2 Å². The molecular weight excluding hydrogens is 392 g/mol. The average Bonchev–Trinajstić information content (AvgIpc) is 2.77. The molecule has 1 rings (SSSR count). The molecule has 2 N–H and O–H groups in total. The Balaban J connectivity index is 2.41. The average molecular weight is 422 g/mol. The molecule has 166 valence electrons. The van der Waals surface area contributed by atoms with Gasteiger partial charge in [-0.2, -0.15) is 0 Å². The normalized spacial score (nSPS) is 10.4. The summed E-state index contributed by atoms with van der Waals surface area (Å²) in [4.78, 5) is 0. The zero-order valence-electron chi connectivity index (χ0n) is 17.1. The molecule has 30 heavy (non-hydrogen) atoms. The molecule has 0 radical (unpaired) electrons. The minimum Gasteiger partial charge on any atom is -0.490 e. The van der Waals surface area contributed by atoms with Gasteiger partial charge in [0.15, 0.2) is 0 Å². The molecule has 1 aromatic carbocycles. The van der Waals surface area contributed by atoms with E-state index in [0.29, 0.717) is 88.7 Å². The van der Waals surface area contributed by atoms with Crippen molar-refractivity contribution in [2.24, 2.45) is 0 Å². The second-order valence-corrected chi connectivity index (χ2v) is 5.73. The first-order valence-corrected chi connectivity index (χ1v) is 9.66. The first-order valence-electron chi connectivity index (χ1n) is 9.66. The second kappa shape index (κ2) is 17.5. The van der Waals surface area contributed by atoms with Crippen LogP contribution in [0.2, 0.25) is 0 Å². The summed E-state index contributed by atoms with van der Waals surface area (Å²) in [5.41, 5.74) is 1.04. The highest BCUT2D eigenvalue weighted by molar-refractivity contribution is 5.57. The van der Waals surface area contributed by atoms with Crippen molar-refractivity contribution in [1.29, 1.82) is 0 Å². The van der Waals surface area contributed by atoms with Crippen LogP contribution in [0.4, 0.5) is 0 Å². The van der Waals surface area contributed by atoms with Crippen molar-refractivity contribution in [3.05, 3.63) is 23.3 Å². The highest BCUT2D eigenvalue weighted by atomic mass is 16.6. The van der Waals surface area contributed by atoms with Gasteiger partial charge in [0.2, 0.25) is 0 Å². The fourth-order valence-electron chi connectivity index (χ4n) is 2.22. The number of benzene rings is 1. The Morgan fingerprint density at radius 3 is 1.23 bits per heavy atom. The molecule has 0 spiro atoms. The van der Waals surface area contributed by atoms with Crippen LogP contribution in [0.5, 0.6) is 11.5 Å². The van der Waals surface area contributed by atoms with Crippen LogP contribution in [0.1, 0.15) is 11.1 Å². The van der Waals surface area contributed by atoms with Gasteiger partial charge in [-0.1, -0.05) is 11.8 Å². The number of hydrogen-bond acceptors (Lipinski definition) is 8. The summed E-state index contributed by atoms with van der Waals surface area (Å²) in [6, 6.07) is 3.33. The van der Waals surface area contributed by atoms with E-state index in [4.69, 9.17) is 51.5 Å². The summed E-state index contributed by atoms with van der Waals surface area (Å²) in [6.07, 6.45) is 11.2. The number of aliphatic hydroxyl groups is 2. The highest BCUT2D eigenvalue weighted by Crippen LogP contribution is 2.28. The van der Waals surface area contributed by atoms with Gasteiger partial charge in [0.25, 0.3) is 0 Å². The van der Waals surface area contributed by atoms with E-state index in [1.54, 1.807) is 12.1 Å². The standard InChI is InChI=1S/C22H30O8/c1-3-19-17-22(30-16-14-28-12-10-26-8-6-24)20(4-2)18-21(19)29-15-13-27-11-9-25-7-5-23/h1-2,17-18,23-24H,5-16H2. The van der Waals surface area contributed by atoms with Crippen LogP contribution in [0.25, 0.3) is 0 Å². The van der Waals surface area contributed by atoms with Crippen LogP contribution in [0, 0.1) is 24.7 Å². The summed E-state index contributed by atoms with van der Waals surface area (Å²) in [5, 5.41) is 17.2. The van der Waals surface area contributed by atoms with E-state index in [2.05, 4.69) is 11.8 Å². The Hall–Kier alpha value is -2.30. The summed E-state index contributed by atoms with van der Waals surface area (Å²) in [7, 11) is 0. The molecule has 0 saturated heterocycles. The third-order valence-electron chi connectivity index (χ3n) is 3.58. The molecule has 1 aromatic rings. The number of ether oxygens (including phenoxy) is 6. The van der Waals surface area contributed by atoms with E-state index in [1.165, 1.54) is 0 Å². The van der Waals surface area contributed by atoms with E-state index < -0.39 is 0 Å². The lowest BCUT2D eigenvalue weighted by Gasteiger charge is -2.14. The largest absolute Gasteiger partial charge is 0.490 e. The van der Waals surface area contributed by atoms with Gasteiger partial charge in [-0.25, -0.2) is 0 Å². The molecule has 0 amide bonds. The minimum absolute atomic E-state index is 0.0113. The molecule has 0 bridgehead atoms. The van der Waals surface area contributed by atoms with Crippen molar-refractivity contribution in [3.8, 4) is 36.2 Å². The van der Waals surface area contributed by atoms with Crippen LogP contribution in [0.15, 0.2) is 12.1 Å². The SMILES string of the molecule is C#Cc1cc(OCCOCCOCCO)c(C#C)cc1OCCOCCOCCO. The van der Waals surface area contributed by atoms with E-state index in [9.17, 15) is 0 Å². The van der Waals surface area contributed by atoms with Gasteiger partial charge in [-0.3, -0.25) is 0 Å². The van der Waals surface area contributed by atoms with Gasteiger partial charge < -0.3 is 38.6 Å². The van der Waals surface area contributed by atoms with Gasteiger partial charge in [0.1, 0.15) is 24.7 Å². The summed E-state index contributed by atoms with van der Waals surface area (Å²) in [5.74, 6) is 6.10. The van der Waals surface area contributed by atoms with Crippen molar-refractivity contribution in [3.63, 3.8) is 0 Å². The number of aliphatic hydroxyl groups excluding tert-OH is 2. The number of hydrogen-bond donors (Lipinski definition) is 2. The smallest absolute Gasteiger partial charge is 0.136 e. The first kappa shape index (κ1) is 25.7. The lowest BCUT2D eigenvalue weighted by molar-refractivity contribution is 0.0244. The quantitative estimate of drug-likeness (QED) is 0.260. The predicted octanol–water partition coefficient (Wildman–Crippen LogP) is 0.458. The molecule has 8 heteroatoms. The maximum Gasteiger partial charge on any atom is 0.136 e. The maximum atomic E-state index is 8.61. The van der Waals surface area contributed by atoms with E-state index >= 15 is 0 Å². The Bertz CT molecular complexity index is 605. The van der Waals surface area contributed by atoms with Crippen molar-refractivity contribution in [2.45, 2.75) is 0 Å². The van der Waals surface area contributed by atoms with Crippen LogP contribution in [-0.2, 0) is 18.9 Å². The molecule has 0 unspecified atom stereocenters. The van der Waals surface area contributed by atoms with Crippen LogP contribution >= 0.6 is 0 Å². The minimum atomic E-state index is -0.0113.